The first-order valence-corrected chi connectivity index (χ1v) is 10.1. The molecule has 0 fully saturated rings. The summed E-state index contributed by atoms with van der Waals surface area (Å²) in [7, 11) is 0. The molecular weight excluding hydrogens is 352 g/mol. The van der Waals surface area contributed by atoms with Crippen molar-refractivity contribution >= 4 is 0 Å². The molecule has 29 heavy (non-hydrogen) atoms. The fourth-order valence-corrected chi connectivity index (χ4v) is 4.41. The summed E-state index contributed by atoms with van der Waals surface area (Å²) in [5, 5.41) is 0. The Balaban J connectivity index is 1.73. The lowest BCUT2D eigenvalue weighted by Crippen LogP contribution is -1.97. The molecule has 0 aromatic heterocycles. The Morgan fingerprint density at radius 1 is 0.552 bits per heavy atom. The van der Waals surface area contributed by atoms with Crippen LogP contribution in [0.1, 0.15) is 22.3 Å². The molecule has 0 amide bonds. The van der Waals surface area contributed by atoms with E-state index in [0.29, 0.717) is 13.1 Å². The van der Waals surface area contributed by atoms with Crippen LogP contribution in [-0.4, -0.2) is 0 Å². The predicted octanol–water partition coefficient (Wildman–Crippen LogP) is 5.51. The van der Waals surface area contributed by atoms with Crippen LogP contribution in [0.5, 0.6) is 0 Å². The predicted molar refractivity (Wildman–Crippen MR) is 121 cm³/mol. The number of fused-ring (bicyclic) bond motifs is 3. The van der Waals surface area contributed by atoms with Gasteiger partial charge in [-0.15, -0.1) is 0 Å². The van der Waals surface area contributed by atoms with Crippen molar-refractivity contribution in [3.63, 3.8) is 0 Å². The van der Waals surface area contributed by atoms with Crippen molar-refractivity contribution in [3.05, 3.63) is 107 Å². The smallest absolute Gasteiger partial charge is 0.0178 e. The molecule has 0 heterocycles. The lowest BCUT2D eigenvalue weighted by Gasteiger charge is -2.16. The number of hydrogen-bond donors (Lipinski definition) is 2. The van der Waals surface area contributed by atoms with Gasteiger partial charge in [-0.05, 0) is 62.1 Å². The van der Waals surface area contributed by atoms with Crippen LogP contribution in [0.4, 0.5) is 0 Å². The molecule has 0 atom stereocenters. The summed E-state index contributed by atoms with van der Waals surface area (Å²) in [6.07, 6.45) is 0.966. The minimum absolute atomic E-state index is 0.562. The zero-order valence-electron chi connectivity index (χ0n) is 16.4. The van der Waals surface area contributed by atoms with Crippen LogP contribution in [0.25, 0.3) is 33.4 Å². The summed E-state index contributed by atoms with van der Waals surface area (Å²) in [6.45, 7) is 1.12. The van der Waals surface area contributed by atoms with Crippen molar-refractivity contribution in [2.75, 3.05) is 0 Å². The van der Waals surface area contributed by atoms with Crippen molar-refractivity contribution in [1.29, 1.82) is 0 Å². The van der Waals surface area contributed by atoms with Gasteiger partial charge in [0.25, 0.3) is 0 Å². The maximum atomic E-state index is 5.82. The van der Waals surface area contributed by atoms with Gasteiger partial charge in [0.15, 0.2) is 0 Å². The number of hydrogen-bond acceptors (Lipinski definition) is 2. The van der Waals surface area contributed by atoms with Crippen molar-refractivity contribution in [1.82, 2.24) is 0 Å². The van der Waals surface area contributed by atoms with E-state index < -0.39 is 0 Å². The first-order chi connectivity index (χ1) is 14.3. The monoisotopic (exact) mass is 376 g/mol. The standard InChI is InChI=1S/C27H24N2/c28-16-18-5-9-20(10-6-18)24-13-14-25-23-4-2-1-3-22(23)15-26(25)27(24)21-11-7-19(17-29)8-12-21/h1-14H,15-17,28-29H2. The van der Waals surface area contributed by atoms with Crippen LogP contribution in [-0.2, 0) is 19.5 Å². The lowest BCUT2D eigenvalue weighted by molar-refractivity contribution is 1.07. The Kier molecular flexibility index (Phi) is 4.51. The Bertz CT molecular complexity index is 1170. The lowest BCUT2D eigenvalue weighted by atomic mass is 9.87. The molecule has 1 aliphatic carbocycles. The van der Waals surface area contributed by atoms with Gasteiger partial charge in [0, 0.05) is 13.1 Å². The molecule has 0 bridgehead atoms. The molecule has 4 aromatic rings. The van der Waals surface area contributed by atoms with E-state index in [9.17, 15) is 0 Å². The van der Waals surface area contributed by atoms with Crippen molar-refractivity contribution in [2.24, 2.45) is 11.5 Å². The van der Waals surface area contributed by atoms with Crippen molar-refractivity contribution < 1.29 is 0 Å². The molecule has 4 N–H and O–H groups in total. The van der Waals surface area contributed by atoms with E-state index in [-0.39, 0.29) is 0 Å². The van der Waals surface area contributed by atoms with Gasteiger partial charge in [-0.25, -0.2) is 0 Å². The van der Waals surface area contributed by atoms with Crippen LogP contribution in [0.2, 0.25) is 0 Å². The zero-order valence-corrected chi connectivity index (χ0v) is 16.4. The second-order valence-electron chi connectivity index (χ2n) is 7.65. The largest absolute Gasteiger partial charge is 0.326 e. The van der Waals surface area contributed by atoms with Gasteiger partial charge >= 0.3 is 0 Å². The third kappa shape index (κ3) is 3.07. The van der Waals surface area contributed by atoms with Gasteiger partial charge in [0.05, 0.1) is 0 Å². The van der Waals surface area contributed by atoms with E-state index in [0.717, 1.165) is 17.5 Å². The average Bonchev–Trinajstić information content (AvgIpc) is 3.17. The fraction of sp³-hybridized carbons (Fsp3) is 0.111. The van der Waals surface area contributed by atoms with E-state index in [1.54, 1.807) is 0 Å². The molecule has 0 saturated carbocycles. The van der Waals surface area contributed by atoms with Crippen molar-refractivity contribution in [3.8, 4) is 33.4 Å². The molecular formula is C27H24N2. The molecule has 0 spiro atoms. The summed E-state index contributed by atoms with van der Waals surface area (Å²) < 4.78 is 0. The Morgan fingerprint density at radius 3 is 1.79 bits per heavy atom. The Labute approximate surface area is 171 Å². The summed E-state index contributed by atoms with van der Waals surface area (Å²) in [5.74, 6) is 0. The summed E-state index contributed by atoms with van der Waals surface area (Å²) in [4.78, 5) is 0. The minimum Gasteiger partial charge on any atom is -0.326 e. The van der Waals surface area contributed by atoms with Crippen LogP contribution >= 0.6 is 0 Å². The van der Waals surface area contributed by atoms with Crippen LogP contribution < -0.4 is 11.5 Å². The minimum atomic E-state index is 0.562. The number of rotatable bonds is 4. The van der Waals surface area contributed by atoms with Gasteiger partial charge in [-0.1, -0.05) is 84.9 Å². The highest BCUT2D eigenvalue weighted by Crippen LogP contribution is 2.45. The number of benzene rings is 4. The molecule has 1 aliphatic rings. The molecule has 142 valence electrons. The number of nitrogens with two attached hydrogens (primary N) is 2. The second-order valence-corrected chi connectivity index (χ2v) is 7.65. The molecule has 2 nitrogen and oxygen atoms in total. The zero-order chi connectivity index (χ0) is 19.8. The van der Waals surface area contributed by atoms with Crippen LogP contribution in [0.3, 0.4) is 0 Å². The Morgan fingerprint density at radius 2 is 1.14 bits per heavy atom. The molecule has 0 unspecified atom stereocenters. The molecule has 0 saturated heterocycles. The second kappa shape index (κ2) is 7.32. The van der Waals surface area contributed by atoms with Gasteiger partial charge in [-0.3, -0.25) is 0 Å². The summed E-state index contributed by atoms with van der Waals surface area (Å²) >= 11 is 0. The highest BCUT2D eigenvalue weighted by molar-refractivity contribution is 5.93. The van der Waals surface area contributed by atoms with Crippen molar-refractivity contribution in [2.45, 2.75) is 19.5 Å². The van der Waals surface area contributed by atoms with E-state index >= 15 is 0 Å². The molecule has 2 heteroatoms. The normalized spacial score (nSPS) is 11.9. The molecule has 5 rings (SSSR count). The summed E-state index contributed by atoms with van der Waals surface area (Å²) in [6, 6.07) is 30.6. The third-order valence-electron chi connectivity index (χ3n) is 5.97. The first kappa shape index (κ1) is 17.9. The van der Waals surface area contributed by atoms with Gasteiger partial charge in [0.2, 0.25) is 0 Å². The van der Waals surface area contributed by atoms with Gasteiger partial charge < -0.3 is 11.5 Å². The van der Waals surface area contributed by atoms with Crippen LogP contribution in [0.15, 0.2) is 84.9 Å². The average molecular weight is 377 g/mol. The topological polar surface area (TPSA) is 52.0 Å². The summed E-state index contributed by atoms with van der Waals surface area (Å²) in [5.41, 5.74) is 24.5. The first-order valence-electron chi connectivity index (χ1n) is 10.1. The fourth-order valence-electron chi connectivity index (χ4n) is 4.41. The van der Waals surface area contributed by atoms with Gasteiger partial charge in [0.1, 0.15) is 0 Å². The molecule has 0 radical (unpaired) electrons. The highest BCUT2D eigenvalue weighted by atomic mass is 14.5. The highest BCUT2D eigenvalue weighted by Gasteiger charge is 2.24. The van der Waals surface area contributed by atoms with Crippen LogP contribution in [0, 0.1) is 0 Å². The maximum absolute atomic E-state index is 5.82. The third-order valence-corrected chi connectivity index (χ3v) is 5.97. The van der Waals surface area contributed by atoms with E-state index in [4.69, 9.17) is 11.5 Å². The maximum Gasteiger partial charge on any atom is 0.0178 e. The van der Waals surface area contributed by atoms with Gasteiger partial charge in [-0.2, -0.15) is 0 Å². The Hall–Kier alpha value is -3.20. The van der Waals surface area contributed by atoms with E-state index in [1.165, 1.54) is 44.5 Å². The van der Waals surface area contributed by atoms with E-state index in [1.807, 2.05) is 0 Å². The molecule has 4 aromatic carbocycles. The van der Waals surface area contributed by atoms with E-state index in [2.05, 4.69) is 84.9 Å². The SMILES string of the molecule is NCc1ccc(-c2ccc3c(c2-c2ccc(CN)cc2)Cc2ccccc2-3)cc1. The molecule has 0 aliphatic heterocycles. The quantitative estimate of drug-likeness (QED) is 0.434.